The van der Waals surface area contributed by atoms with Crippen molar-refractivity contribution in [1.82, 2.24) is 4.57 Å². The highest BCUT2D eigenvalue weighted by molar-refractivity contribution is 7.61. The van der Waals surface area contributed by atoms with Gasteiger partial charge in [0.25, 0.3) is 0 Å². The fourth-order valence-electron chi connectivity index (χ4n) is 3.42. The van der Waals surface area contributed by atoms with Crippen molar-refractivity contribution in [2.75, 3.05) is 7.11 Å². The van der Waals surface area contributed by atoms with Crippen molar-refractivity contribution in [2.45, 2.75) is 19.4 Å². The number of nitrogens with zero attached hydrogens (tertiary/aromatic N) is 2. The predicted molar refractivity (Wildman–Crippen MR) is 127 cm³/mol. The van der Waals surface area contributed by atoms with Crippen LogP contribution in [0.1, 0.15) is 17.5 Å². The van der Waals surface area contributed by atoms with E-state index in [1.165, 1.54) is 12.1 Å². The number of rotatable bonds is 7. The minimum Gasteiger partial charge on any atom is -0.497 e. The summed E-state index contributed by atoms with van der Waals surface area (Å²) in [4.78, 5) is 10.9. The zero-order valence-electron chi connectivity index (χ0n) is 18.4. The van der Waals surface area contributed by atoms with Gasteiger partial charge in [-0.15, -0.1) is 4.36 Å². The van der Waals surface area contributed by atoms with Crippen molar-refractivity contribution in [2.24, 2.45) is 4.36 Å². The van der Waals surface area contributed by atoms with Crippen molar-refractivity contribution in [3.05, 3.63) is 95.9 Å². The van der Waals surface area contributed by atoms with Crippen molar-refractivity contribution in [3.8, 4) is 5.75 Å². The summed E-state index contributed by atoms with van der Waals surface area (Å²) >= 11 is 0. The predicted octanol–water partition coefficient (Wildman–Crippen LogP) is 5.24. The van der Waals surface area contributed by atoms with Crippen LogP contribution in [0, 0.1) is 5.82 Å². The van der Waals surface area contributed by atoms with Gasteiger partial charge in [0.1, 0.15) is 11.6 Å². The lowest BCUT2D eigenvalue weighted by molar-refractivity contribution is -0.137. The second-order valence-electron chi connectivity index (χ2n) is 7.32. The summed E-state index contributed by atoms with van der Waals surface area (Å²) in [6.07, 6.45) is 2.31. The fourth-order valence-corrected chi connectivity index (χ4v) is 3.71. The first-order valence-electron chi connectivity index (χ1n) is 10.3. The molecule has 34 heavy (non-hydrogen) atoms. The Kier molecular flexibility index (Phi) is 8.53. The van der Waals surface area contributed by atoms with Crippen LogP contribution in [0.15, 0.2) is 83.4 Å². The van der Waals surface area contributed by atoms with Gasteiger partial charge in [-0.3, -0.25) is 4.79 Å². The second-order valence-corrected chi connectivity index (χ2v) is 7.94. The van der Waals surface area contributed by atoms with Gasteiger partial charge in [0.2, 0.25) is 0 Å². The standard InChI is InChI=1S/C18H15FN2O4S.C7H8O/c19-14-3-1-12(2-4-14)9-13-11-21(8-7-18(22)23)17-6-5-15(10-16(13)17)20-26(24)25;1-8-7-5-3-2-4-6-7/h1-6,10-11H,7-9H2,(H,22,23);2-6H,1H3. The molecule has 0 spiro atoms. The number of aryl methyl sites for hydroxylation is 1. The highest BCUT2D eigenvalue weighted by Gasteiger charge is 2.11. The van der Waals surface area contributed by atoms with Crippen LogP contribution in [0.5, 0.6) is 5.75 Å². The van der Waals surface area contributed by atoms with Crippen molar-refractivity contribution >= 4 is 33.1 Å². The number of hydrogen-bond donors (Lipinski definition) is 1. The molecule has 4 aromatic rings. The molecule has 0 aliphatic rings. The molecule has 0 aliphatic heterocycles. The average molecular weight is 483 g/mol. The average Bonchev–Trinajstić information content (AvgIpc) is 3.16. The van der Waals surface area contributed by atoms with E-state index in [0.29, 0.717) is 18.7 Å². The summed E-state index contributed by atoms with van der Waals surface area (Å²) in [5.41, 5.74) is 2.85. The Hall–Kier alpha value is -3.98. The summed E-state index contributed by atoms with van der Waals surface area (Å²) in [5, 5.41) is 9.71. The lowest BCUT2D eigenvalue weighted by atomic mass is 10.0. The molecule has 0 saturated carbocycles. The van der Waals surface area contributed by atoms with E-state index in [0.717, 1.165) is 27.8 Å². The van der Waals surface area contributed by atoms with Crippen LogP contribution in [0.4, 0.5) is 10.1 Å². The first-order chi connectivity index (χ1) is 16.4. The minimum atomic E-state index is -2.56. The molecule has 0 unspecified atom stereocenters. The summed E-state index contributed by atoms with van der Waals surface area (Å²) in [6.45, 7) is 0.291. The van der Waals surface area contributed by atoms with E-state index in [1.807, 2.05) is 41.1 Å². The van der Waals surface area contributed by atoms with Gasteiger partial charge >= 0.3 is 16.5 Å². The first kappa shape index (κ1) is 24.7. The molecule has 1 N–H and O–H groups in total. The second kappa shape index (κ2) is 11.8. The third-order valence-corrected chi connectivity index (χ3v) is 5.34. The molecule has 1 aromatic heterocycles. The molecule has 1 heterocycles. The molecule has 0 bridgehead atoms. The molecule has 7 nitrogen and oxygen atoms in total. The van der Waals surface area contributed by atoms with E-state index in [1.54, 1.807) is 37.4 Å². The maximum Gasteiger partial charge on any atom is 0.316 e. The number of aromatic nitrogens is 1. The third kappa shape index (κ3) is 7.01. The van der Waals surface area contributed by atoms with Crippen LogP contribution in [0.25, 0.3) is 10.9 Å². The molecule has 0 atom stereocenters. The van der Waals surface area contributed by atoms with Crippen molar-refractivity contribution in [1.29, 1.82) is 0 Å². The maximum atomic E-state index is 13.1. The van der Waals surface area contributed by atoms with Crippen LogP contribution in [0.3, 0.4) is 0 Å². The van der Waals surface area contributed by atoms with Gasteiger partial charge in [0, 0.05) is 23.6 Å². The summed E-state index contributed by atoms with van der Waals surface area (Å²) in [6, 6.07) is 20.7. The molecule has 0 amide bonds. The lowest BCUT2D eigenvalue weighted by Crippen LogP contribution is -2.03. The summed E-state index contributed by atoms with van der Waals surface area (Å²) in [7, 11) is -0.899. The zero-order chi connectivity index (χ0) is 24.5. The molecule has 0 radical (unpaired) electrons. The Labute approximate surface area is 197 Å². The summed E-state index contributed by atoms with van der Waals surface area (Å²) < 4.78 is 45.0. The smallest absolute Gasteiger partial charge is 0.316 e. The van der Waals surface area contributed by atoms with Crippen LogP contribution < -0.4 is 4.74 Å². The van der Waals surface area contributed by atoms with Crippen LogP contribution in [0.2, 0.25) is 0 Å². The number of aliphatic carboxylic acids is 1. The monoisotopic (exact) mass is 482 g/mol. The van der Waals surface area contributed by atoms with Gasteiger partial charge in [-0.1, -0.05) is 30.3 Å². The molecule has 0 saturated heterocycles. The number of fused-ring (bicyclic) bond motifs is 1. The van der Waals surface area contributed by atoms with E-state index in [9.17, 15) is 17.6 Å². The van der Waals surface area contributed by atoms with E-state index >= 15 is 0 Å². The third-order valence-electron chi connectivity index (χ3n) is 4.98. The van der Waals surface area contributed by atoms with Gasteiger partial charge in [0.15, 0.2) is 0 Å². The number of ether oxygens (including phenoxy) is 1. The van der Waals surface area contributed by atoms with E-state index < -0.39 is 16.5 Å². The quantitative estimate of drug-likeness (QED) is 0.389. The molecule has 3 aromatic carbocycles. The number of benzene rings is 3. The molecule has 9 heteroatoms. The maximum absolute atomic E-state index is 13.1. The van der Waals surface area contributed by atoms with Crippen LogP contribution in [-0.2, 0) is 28.3 Å². The number of carbonyl (C=O) groups is 1. The molecular weight excluding hydrogens is 459 g/mol. The van der Waals surface area contributed by atoms with Gasteiger partial charge < -0.3 is 14.4 Å². The van der Waals surface area contributed by atoms with Crippen LogP contribution in [-0.4, -0.2) is 31.2 Å². The number of halogens is 1. The van der Waals surface area contributed by atoms with E-state index in [4.69, 9.17) is 9.84 Å². The van der Waals surface area contributed by atoms with E-state index in [2.05, 4.69) is 4.36 Å². The molecule has 0 fully saturated rings. The number of hydrogen-bond acceptors (Lipinski definition) is 5. The number of methoxy groups -OCH3 is 1. The SMILES string of the molecule is COc1ccccc1.O=C(O)CCn1cc(Cc2ccc(F)cc2)c2cc(N=S(=O)=O)ccc21. The number of carboxylic acid groups (broad SMARTS) is 1. The number of para-hydroxylation sites is 1. The topological polar surface area (TPSA) is 98.0 Å². The van der Waals surface area contributed by atoms with E-state index in [-0.39, 0.29) is 12.2 Å². The largest absolute Gasteiger partial charge is 0.497 e. The normalized spacial score (nSPS) is 10.3. The Morgan fingerprint density at radius 3 is 2.35 bits per heavy atom. The Morgan fingerprint density at radius 2 is 1.76 bits per heavy atom. The Morgan fingerprint density at radius 1 is 1.06 bits per heavy atom. The van der Waals surface area contributed by atoms with Crippen molar-refractivity contribution in [3.63, 3.8) is 0 Å². The van der Waals surface area contributed by atoms with Crippen molar-refractivity contribution < 1.29 is 27.4 Å². The Bertz CT molecular complexity index is 1390. The first-order valence-corrected chi connectivity index (χ1v) is 11.4. The molecule has 4 rings (SSSR count). The molecule has 176 valence electrons. The molecule has 0 aliphatic carbocycles. The lowest BCUT2D eigenvalue weighted by Gasteiger charge is -2.02. The van der Waals surface area contributed by atoms with Gasteiger partial charge in [-0.2, -0.15) is 8.42 Å². The minimum absolute atomic E-state index is 0.0313. The highest BCUT2D eigenvalue weighted by atomic mass is 32.2. The fraction of sp³-hybridized carbons (Fsp3) is 0.160. The summed E-state index contributed by atoms with van der Waals surface area (Å²) in [5.74, 6) is -0.315. The number of carboxylic acids is 1. The van der Waals surface area contributed by atoms with Gasteiger partial charge in [0.05, 0.1) is 19.2 Å². The van der Waals surface area contributed by atoms with Gasteiger partial charge in [-0.25, -0.2) is 4.39 Å². The highest BCUT2D eigenvalue weighted by Crippen LogP contribution is 2.28. The Balaban J connectivity index is 0.000000343. The van der Waals surface area contributed by atoms with Crippen LogP contribution >= 0.6 is 0 Å². The molecular formula is C25H23FN2O5S. The van der Waals surface area contributed by atoms with Gasteiger partial charge in [-0.05, 0) is 60.0 Å². The zero-order valence-corrected chi connectivity index (χ0v) is 19.2.